The van der Waals surface area contributed by atoms with Crippen LogP contribution in [0.4, 0.5) is 0 Å². The molecule has 4 nitrogen and oxygen atoms in total. The minimum absolute atomic E-state index is 0. The van der Waals surface area contributed by atoms with Crippen LogP contribution >= 0.6 is 12.4 Å². The molecule has 0 spiro atoms. The van der Waals surface area contributed by atoms with Gasteiger partial charge in [-0.25, -0.2) is 0 Å². The maximum atomic E-state index is 11.5. The van der Waals surface area contributed by atoms with E-state index in [0.717, 1.165) is 5.56 Å². The van der Waals surface area contributed by atoms with E-state index in [1.165, 1.54) is 7.11 Å². The molecule has 96 valence electrons. The van der Waals surface area contributed by atoms with E-state index in [1.54, 1.807) is 0 Å². The van der Waals surface area contributed by atoms with Gasteiger partial charge < -0.3 is 15.8 Å². The van der Waals surface area contributed by atoms with Gasteiger partial charge in [-0.15, -0.1) is 12.4 Å². The Morgan fingerprint density at radius 3 is 2.59 bits per heavy atom. The van der Waals surface area contributed by atoms with Gasteiger partial charge in [0, 0.05) is 13.1 Å². The van der Waals surface area contributed by atoms with Crippen molar-refractivity contribution in [3.63, 3.8) is 0 Å². The smallest absolute Gasteiger partial charge is 0.323 e. The van der Waals surface area contributed by atoms with Crippen molar-refractivity contribution in [3.05, 3.63) is 35.9 Å². The van der Waals surface area contributed by atoms with Crippen LogP contribution < -0.4 is 11.1 Å². The lowest BCUT2D eigenvalue weighted by atomic mass is 10.1. The molecule has 17 heavy (non-hydrogen) atoms. The van der Waals surface area contributed by atoms with Crippen molar-refractivity contribution in [2.24, 2.45) is 5.73 Å². The molecule has 0 radical (unpaired) electrons. The van der Waals surface area contributed by atoms with E-state index in [0.29, 0.717) is 19.5 Å². The highest BCUT2D eigenvalue weighted by molar-refractivity contribution is 5.85. The van der Waals surface area contributed by atoms with E-state index in [1.807, 2.05) is 30.3 Å². The van der Waals surface area contributed by atoms with Crippen LogP contribution in [0.1, 0.15) is 5.56 Å². The summed E-state index contributed by atoms with van der Waals surface area (Å²) in [6, 6.07) is 9.50. The molecule has 1 rings (SSSR count). The number of hydrogen-bond acceptors (Lipinski definition) is 4. The number of carbonyl (C=O) groups excluding carboxylic acids is 1. The van der Waals surface area contributed by atoms with Gasteiger partial charge in [-0.3, -0.25) is 4.79 Å². The lowest BCUT2D eigenvalue weighted by Crippen LogP contribution is -2.41. The van der Waals surface area contributed by atoms with Crippen LogP contribution in [0.3, 0.4) is 0 Å². The summed E-state index contributed by atoms with van der Waals surface area (Å²) in [6.07, 6.45) is 0.619. The summed E-state index contributed by atoms with van der Waals surface area (Å²) in [6.45, 7) is 1.11. The Morgan fingerprint density at radius 2 is 2.06 bits per heavy atom. The number of hydrogen-bond donors (Lipinski definition) is 2. The number of nitrogens with two attached hydrogens (primary N) is 1. The van der Waals surface area contributed by atoms with E-state index >= 15 is 0 Å². The van der Waals surface area contributed by atoms with Gasteiger partial charge in [0.05, 0.1) is 7.11 Å². The van der Waals surface area contributed by atoms with Crippen LogP contribution in [0.25, 0.3) is 0 Å². The molecule has 0 aliphatic carbocycles. The molecule has 3 N–H and O–H groups in total. The predicted octanol–water partition coefficient (Wildman–Crippen LogP) is 0.741. The lowest BCUT2D eigenvalue weighted by molar-refractivity contribution is -0.143. The highest BCUT2D eigenvalue weighted by Crippen LogP contribution is 2.04. The molecule has 1 aromatic rings. The maximum Gasteiger partial charge on any atom is 0.323 e. The molecule has 5 heteroatoms. The first-order valence-corrected chi connectivity index (χ1v) is 5.33. The third-order valence-corrected chi connectivity index (χ3v) is 2.30. The molecule has 0 fully saturated rings. The Labute approximate surface area is 108 Å². The van der Waals surface area contributed by atoms with Crippen LogP contribution in [0.15, 0.2) is 30.3 Å². The standard InChI is InChI=1S/C12H18N2O2.ClH/c1-16-12(15)11(14-8-7-13)9-10-5-3-2-4-6-10;/h2-6,11,14H,7-9,13H2,1H3;1H. The molecule has 0 aliphatic heterocycles. The Bertz CT molecular complexity index is 320. The SMILES string of the molecule is COC(=O)C(Cc1ccccc1)NCCN.Cl. The molecule has 1 aromatic carbocycles. The molecule has 0 aliphatic rings. The molecular formula is C12H19ClN2O2. The first-order valence-electron chi connectivity index (χ1n) is 5.33. The van der Waals surface area contributed by atoms with Crippen molar-refractivity contribution in [3.8, 4) is 0 Å². The minimum atomic E-state index is -0.323. The van der Waals surface area contributed by atoms with Crippen molar-refractivity contribution in [2.75, 3.05) is 20.2 Å². The van der Waals surface area contributed by atoms with Gasteiger partial charge in [0.1, 0.15) is 6.04 Å². The first kappa shape index (κ1) is 15.9. The molecule has 0 bridgehead atoms. The molecule has 0 heterocycles. The van der Waals surface area contributed by atoms with Crippen molar-refractivity contribution in [2.45, 2.75) is 12.5 Å². The second-order valence-corrected chi connectivity index (χ2v) is 3.51. The average Bonchev–Trinajstić information content (AvgIpc) is 2.34. The molecule has 0 amide bonds. The predicted molar refractivity (Wildman–Crippen MR) is 70.3 cm³/mol. The number of methoxy groups -OCH3 is 1. The molecular weight excluding hydrogens is 240 g/mol. The van der Waals surface area contributed by atoms with Crippen LogP contribution in [0.2, 0.25) is 0 Å². The zero-order valence-corrected chi connectivity index (χ0v) is 10.7. The van der Waals surface area contributed by atoms with Gasteiger partial charge in [0.2, 0.25) is 0 Å². The summed E-state index contributed by atoms with van der Waals surface area (Å²) in [5.41, 5.74) is 6.50. The summed E-state index contributed by atoms with van der Waals surface area (Å²) >= 11 is 0. The number of ether oxygens (including phenoxy) is 1. The number of nitrogens with one attached hydrogen (secondary N) is 1. The Kier molecular flexibility index (Phi) is 8.40. The largest absolute Gasteiger partial charge is 0.468 e. The Morgan fingerprint density at radius 1 is 1.41 bits per heavy atom. The van der Waals surface area contributed by atoms with E-state index in [9.17, 15) is 4.79 Å². The van der Waals surface area contributed by atoms with Crippen molar-refractivity contribution < 1.29 is 9.53 Å². The van der Waals surface area contributed by atoms with Crippen LogP contribution in [-0.4, -0.2) is 32.2 Å². The third kappa shape index (κ3) is 5.68. The zero-order chi connectivity index (χ0) is 11.8. The minimum Gasteiger partial charge on any atom is -0.468 e. The van der Waals surface area contributed by atoms with Gasteiger partial charge >= 0.3 is 5.97 Å². The molecule has 1 atom stereocenters. The summed E-state index contributed by atoms with van der Waals surface area (Å²) in [5.74, 6) is -0.252. The normalized spacial score (nSPS) is 11.4. The summed E-state index contributed by atoms with van der Waals surface area (Å²) in [5, 5.41) is 3.07. The fourth-order valence-electron chi connectivity index (χ4n) is 1.49. The van der Waals surface area contributed by atoms with E-state index in [2.05, 4.69) is 5.32 Å². The molecule has 0 saturated carbocycles. The van der Waals surface area contributed by atoms with Crippen LogP contribution in [0.5, 0.6) is 0 Å². The van der Waals surface area contributed by atoms with Gasteiger partial charge in [0.15, 0.2) is 0 Å². The topological polar surface area (TPSA) is 64.3 Å². The number of halogens is 1. The maximum absolute atomic E-state index is 11.5. The fraction of sp³-hybridized carbons (Fsp3) is 0.417. The third-order valence-electron chi connectivity index (χ3n) is 2.30. The van der Waals surface area contributed by atoms with Crippen molar-refractivity contribution in [1.29, 1.82) is 0 Å². The second-order valence-electron chi connectivity index (χ2n) is 3.51. The average molecular weight is 259 g/mol. The quantitative estimate of drug-likeness (QED) is 0.739. The monoisotopic (exact) mass is 258 g/mol. The van der Waals surface area contributed by atoms with Crippen LogP contribution in [0, 0.1) is 0 Å². The summed E-state index contributed by atoms with van der Waals surface area (Å²) < 4.78 is 4.74. The number of carbonyl (C=O) groups is 1. The van der Waals surface area contributed by atoms with E-state index < -0.39 is 0 Å². The van der Waals surface area contributed by atoms with E-state index in [-0.39, 0.29) is 24.4 Å². The highest BCUT2D eigenvalue weighted by atomic mass is 35.5. The number of esters is 1. The summed E-state index contributed by atoms with van der Waals surface area (Å²) in [7, 11) is 1.39. The van der Waals surface area contributed by atoms with Crippen LogP contribution in [-0.2, 0) is 16.0 Å². The number of benzene rings is 1. The van der Waals surface area contributed by atoms with E-state index in [4.69, 9.17) is 10.5 Å². The second kappa shape index (κ2) is 8.98. The van der Waals surface area contributed by atoms with Crippen molar-refractivity contribution >= 4 is 18.4 Å². The fourth-order valence-corrected chi connectivity index (χ4v) is 1.49. The lowest BCUT2D eigenvalue weighted by Gasteiger charge is -2.15. The van der Waals surface area contributed by atoms with Gasteiger partial charge in [-0.2, -0.15) is 0 Å². The molecule has 0 aromatic heterocycles. The highest BCUT2D eigenvalue weighted by Gasteiger charge is 2.18. The Balaban J connectivity index is 0.00000256. The summed E-state index contributed by atoms with van der Waals surface area (Å²) in [4.78, 5) is 11.5. The van der Waals surface area contributed by atoms with Crippen molar-refractivity contribution in [1.82, 2.24) is 5.32 Å². The molecule has 0 saturated heterocycles. The Hall–Kier alpha value is -1.10. The van der Waals surface area contributed by atoms with Gasteiger partial charge in [-0.05, 0) is 12.0 Å². The first-order chi connectivity index (χ1) is 7.77. The molecule has 1 unspecified atom stereocenters. The zero-order valence-electron chi connectivity index (χ0n) is 9.89. The number of rotatable bonds is 6. The van der Waals surface area contributed by atoms with Gasteiger partial charge in [0.25, 0.3) is 0 Å². The van der Waals surface area contributed by atoms with Gasteiger partial charge in [-0.1, -0.05) is 30.3 Å².